The fourth-order valence-electron chi connectivity index (χ4n) is 1.73. The van der Waals surface area contributed by atoms with Crippen molar-refractivity contribution in [1.82, 2.24) is 9.59 Å². The highest BCUT2D eigenvalue weighted by molar-refractivity contribution is 7.13. The molecule has 2 aromatic rings. The number of nitrogens with one attached hydrogen (secondary N) is 1. The topological polar surface area (TPSA) is 64.1 Å². The molecule has 0 spiro atoms. The van der Waals surface area contributed by atoms with Gasteiger partial charge < -0.3 is 10.1 Å². The highest BCUT2D eigenvalue weighted by Gasteiger charge is 2.22. The van der Waals surface area contributed by atoms with Crippen LogP contribution >= 0.6 is 11.5 Å². The molecule has 0 bridgehead atoms. The van der Waals surface area contributed by atoms with E-state index >= 15 is 0 Å². The van der Waals surface area contributed by atoms with E-state index in [4.69, 9.17) is 0 Å². The summed E-state index contributed by atoms with van der Waals surface area (Å²) in [6, 6.07) is 1.38. The van der Waals surface area contributed by atoms with Gasteiger partial charge in [0, 0.05) is 0 Å². The van der Waals surface area contributed by atoms with Gasteiger partial charge in [0.2, 0.25) is 0 Å². The highest BCUT2D eigenvalue weighted by atomic mass is 32.1. The number of hydrogen-bond acceptors (Lipinski definition) is 6. The molecule has 0 aliphatic heterocycles. The number of aromatic nitrogens is 2. The van der Waals surface area contributed by atoms with Crippen LogP contribution in [0.2, 0.25) is 0 Å². The van der Waals surface area contributed by atoms with Crippen molar-refractivity contribution in [2.75, 3.05) is 12.4 Å². The van der Waals surface area contributed by atoms with Crippen LogP contribution < -0.4 is 5.32 Å². The van der Waals surface area contributed by atoms with Crippen LogP contribution in [0.25, 0.3) is 10.2 Å². The third-order valence-electron chi connectivity index (χ3n) is 2.73. The van der Waals surface area contributed by atoms with Gasteiger partial charge in [-0.05, 0) is 23.7 Å². The molecule has 0 atom stereocenters. The highest BCUT2D eigenvalue weighted by Crippen LogP contribution is 2.31. The van der Waals surface area contributed by atoms with Crippen LogP contribution in [0.4, 0.5) is 14.5 Å². The maximum atomic E-state index is 14.6. The molecule has 0 radical (unpaired) electrons. The Bertz CT molecular complexity index is 799. The molecule has 0 fully saturated rings. The number of carbonyl (C=O) groups is 1. The van der Waals surface area contributed by atoms with E-state index in [0.717, 1.165) is 18.6 Å². The van der Waals surface area contributed by atoms with E-state index in [-0.39, 0.29) is 22.5 Å². The van der Waals surface area contributed by atoms with Crippen molar-refractivity contribution < 1.29 is 18.3 Å². The summed E-state index contributed by atoms with van der Waals surface area (Å²) in [6.07, 6.45) is 2.55. The van der Waals surface area contributed by atoms with E-state index in [1.165, 1.54) is 18.2 Å². The van der Waals surface area contributed by atoms with Crippen molar-refractivity contribution >= 4 is 33.4 Å². The first kappa shape index (κ1) is 15.8. The fourth-order valence-corrected chi connectivity index (χ4v) is 2.33. The Hall–Kier alpha value is -2.61. The number of carbonyl (C=O) groups excluding carboxylic acids is 1. The van der Waals surface area contributed by atoms with Gasteiger partial charge in [-0.25, -0.2) is 13.6 Å². The van der Waals surface area contributed by atoms with E-state index in [1.54, 1.807) is 0 Å². The average molecular weight is 323 g/mol. The van der Waals surface area contributed by atoms with Crippen molar-refractivity contribution in [1.29, 1.82) is 0 Å². The number of halogens is 2. The van der Waals surface area contributed by atoms with E-state index in [9.17, 15) is 13.6 Å². The normalized spacial score (nSPS) is 11.3. The Balaban J connectivity index is 2.66. The number of fused-ring (bicyclic) bond motifs is 1. The monoisotopic (exact) mass is 323 g/mol. The van der Waals surface area contributed by atoms with Gasteiger partial charge in [0.15, 0.2) is 5.82 Å². The average Bonchev–Trinajstić information content (AvgIpc) is 2.96. The van der Waals surface area contributed by atoms with Gasteiger partial charge in [0.1, 0.15) is 11.3 Å². The maximum Gasteiger partial charge on any atom is 0.340 e. The molecule has 22 heavy (non-hydrogen) atoms. The Morgan fingerprint density at radius 3 is 2.86 bits per heavy atom. The van der Waals surface area contributed by atoms with Gasteiger partial charge >= 0.3 is 5.97 Å². The van der Waals surface area contributed by atoms with E-state index in [2.05, 4.69) is 32.8 Å². The second-order valence-electron chi connectivity index (χ2n) is 4.07. The standard InChI is InChI=1S/C14H11F2N3O2S/c1-4-5-9(7(2)15)17-12-8(14(20)21-3)6-10-13(11(12)16)18-19-22-10/h4-6,17H,1-2H2,3H3/b9-5+. The lowest BCUT2D eigenvalue weighted by Crippen LogP contribution is -2.10. The summed E-state index contributed by atoms with van der Waals surface area (Å²) in [4.78, 5) is 11.8. The van der Waals surface area contributed by atoms with Crippen LogP contribution in [0.3, 0.4) is 0 Å². The lowest BCUT2D eigenvalue weighted by atomic mass is 10.1. The van der Waals surface area contributed by atoms with E-state index < -0.39 is 17.6 Å². The quantitative estimate of drug-likeness (QED) is 0.673. The minimum atomic E-state index is -0.841. The van der Waals surface area contributed by atoms with Gasteiger partial charge in [-0.15, -0.1) is 5.10 Å². The summed E-state index contributed by atoms with van der Waals surface area (Å²) in [6.45, 7) is 6.57. The lowest BCUT2D eigenvalue weighted by molar-refractivity contribution is 0.0601. The molecular formula is C14H11F2N3O2S. The van der Waals surface area contributed by atoms with Crippen LogP contribution in [0.1, 0.15) is 10.4 Å². The van der Waals surface area contributed by atoms with Crippen molar-refractivity contribution in [2.45, 2.75) is 0 Å². The van der Waals surface area contributed by atoms with Gasteiger partial charge in [-0.2, -0.15) is 0 Å². The molecule has 1 aromatic heterocycles. The van der Waals surface area contributed by atoms with Crippen LogP contribution in [0.5, 0.6) is 0 Å². The van der Waals surface area contributed by atoms with Crippen molar-refractivity contribution in [3.63, 3.8) is 0 Å². The minimum Gasteiger partial charge on any atom is -0.465 e. The summed E-state index contributed by atoms with van der Waals surface area (Å²) < 4.78 is 36.6. The molecule has 1 heterocycles. The van der Waals surface area contributed by atoms with Crippen molar-refractivity contribution in [3.8, 4) is 0 Å². The largest absolute Gasteiger partial charge is 0.465 e. The van der Waals surface area contributed by atoms with Crippen molar-refractivity contribution in [2.24, 2.45) is 0 Å². The molecule has 0 aliphatic rings. The predicted molar refractivity (Wildman–Crippen MR) is 80.9 cm³/mol. The van der Waals surface area contributed by atoms with Gasteiger partial charge in [0.05, 0.1) is 28.8 Å². The van der Waals surface area contributed by atoms with Gasteiger partial charge in [0.25, 0.3) is 0 Å². The number of esters is 1. The van der Waals surface area contributed by atoms with Crippen molar-refractivity contribution in [3.05, 3.63) is 54.3 Å². The number of hydrogen-bond donors (Lipinski definition) is 1. The third kappa shape index (κ3) is 2.86. The molecular weight excluding hydrogens is 312 g/mol. The summed E-state index contributed by atoms with van der Waals surface area (Å²) in [5.41, 5.74) is -0.530. The first-order valence-electron chi connectivity index (χ1n) is 5.97. The number of methoxy groups -OCH3 is 1. The second-order valence-corrected chi connectivity index (χ2v) is 4.86. The van der Waals surface area contributed by atoms with Crippen LogP contribution in [0, 0.1) is 5.82 Å². The summed E-state index contributed by atoms with van der Waals surface area (Å²) >= 11 is 0.929. The second kappa shape index (κ2) is 6.44. The zero-order chi connectivity index (χ0) is 16.3. The Morgan fingerprint density at radius 1 is 1.55 bits per heavy atom. The molecule has 0 aliphatic carbocycles. The SMILES string of the molecule is C=C/C=C(/Nc1c(C(=O)OC)cc2snnc2c1F)C(=C)F. The number of nitrogens with zero attached hydrogens (tertiary/aromatic N) is 2. The lowest BCUT2D eigenvalue weighted by Gasteiger charge is -2.13. The molecule has 5 nitrogen and oxygen atoms in total. The van der Waals surface area contributed by atoms with E-state index in [0.29, 0.717) is 4.70 Å². The summed E-state index contributed by atoms with van der Waals surface area (Å²) in [5.74, 6) is -2.45. The van der Waals surface area contributed by atoms with Crippen LogP contribution in [-0.4, -0.2) is 22.7 Å². The zero-order valence-corrected chi connectivity index (χ0v) is 12.3. The molecule has 8 heteroatoms. The number of allylic oxidation sites excluding steroid dienone is 3. The van der Waals surface area contributed by atoms with Crippen LogP contribution in [0.15, 0.2) is 42.9 Å². The number of anilines is 1. The Morgan fingerprint density at radius 2 is 2.27 bits per heavy atom. The molecule has 0 saturated carbocycles. The van der Waals surface area contributed by atoms with Gasteiger partial charge in [-0.3, -0.25) is 0 Å². The first-order valence-corrected chi connectivity index (χ1v) is 6.74. The predicted octanol–water partition coefficient (Wildman–Crippen LogP) is 3.58. The van der Waals surface area contributed by atoms with Gasteiger partial charge in [-0.1, -0.05) is 23.7 Å². The zero-order valence-electron chi connectivity index (χ0n) is 11.5. The maximum absolute atomic E-state index is 14.6. The number of benzene rings is 1. The van der Waals surface area contributed by atoms with E-state index in [1.807, 2.05) is 0 Å². The fraction of sp³-hybridized carbons (Fsp3) is 0.0714. The molecule has 114 valence electrons. The summed E-state index contributed by atoms with van der Waals surface area (Å²) in [7, 11) is 1.16. The molecule has 0 unspecified atom stereocenters. The molecule has 1 N–H and O–H groups in total. The third-order valence-corrected chi connectivity index (χ3v) is 3.40. The Labute approximate surface area is 128 Å². The Kier molecular flexibility index (Phi) is 4.62. The number of ether oxygens (including phenoxy) is 1. The summed E-state index contributed by atoms with van der Waals surface area (Å²) in [5, 5.41) is 6.14. The molecule has 0 saturated heterocycles. The minimum absolute atomic E-state index is 0.0254. The smallest absolute Gasteiger partial charge is 0.340 e. The number of rotatable bonds is 5. The molecule has 1 aromatic carbocycles. The van der Waals surface area contributed by atoms with Crippen LogP contribution in [-0.2, 0) is 4.74 Å². The first-order chi connectivity index (χ1) is 10.5. The molecule has 2 rings (SSSR count). The molecule has 0 amide bonds.